The molecule has 1 fully saturated rings. The number of phosphoric ester groups is 1. The number of ether oxygens (including phenoxy) is 2. The molecule has 0 bridgehead atoms. The van der Waals surface area contributed by atoms with Crippen molar-refractivity contribution in [1.82, 2.24) is 0 Å². The van der Waals surface area contributed by atoms with Crippen molar-refractivity contribution in [3.63, 3.8) is 0 Å². The molecule has 418 valence electrons. The lowest BCUT2D eigenvalue weighted by atomic mass is 9.85. The number of hydrogen-bond acceptors (Lipinski definition) is 11. The normalized spacial score (nSPS) is 21.2. The van der Waals surface area contributed by atoms with E-state index in [1.165, 1.54) is 122 Å². The van der Waals surface area contributed by atoms with Crippen LogP contribution in [-0.2, 0) is 27.9 Å². The molecule has 0 amide bonds. The first-order valence-corrected chi connectivity index (χ1v) is 30.3. The zero-order valence-corrected chi connectivity index (χ0v) is 46.1. The van der Waals surface area contributed by atoms with Crippen molar-refractivity contribution in [3.8, 4) is 0 Å². The van der Waals surface area contributed by atoms with Gasteiger partial charge in [0.05, 0.1) is 13.2 Å². The van der Waals surface area contributed by atoms with Gasteiger partial charge in [0.1, 0.15) is 42.7 Å². The van der Waals surface area contributed by atoms with Gasteiger partial charge in [-0.15, -0.1) is 0 Å². The third kappa shape index (κ3) is 39.2. The Labute approximate surface area is 438 Å². The highest BCUT2D eigenvalue weighted by atomic mass is 31.2. The van der Waals surface area contributed by atoms with Gasteiger partial charge in [0.15, 0.2) is 0 Å². The van der Waals surface area contributed by atoms with Crippen molar-refractivity contribution in [3.05, 3.63) is 72.9 Å². The van der Waals surface area contributed by atoms with Gasteiger partial charge in [0, 0.05) is 13.0 Å². The molecule has 6 N–H and O–H groups in total. The summed E-state index contributed by atoms with van der Waals surface area (Å²) in [6.07, 6.45) is 52.5. The van der Waals surface area contributed by atoms with Gasteiger partial charge in [-0.25, -0.2) is 4.57 Å². The lowest BCUT2D eigenvalue weighted by Crippen LogP contribution is -2.64. The predicted octanol–water partition coefficient (Wildman–Crippen LogP) is 13.9. The van der Waals surface area contributed by atoms with Crippen LogP contribution in [0.1, 0.15) is 232 Å². The molecule has 0 saturated heterocycles. The molecule has 1 aliphatic carbocycles. The smallest absolute Gasteiger partial charge is 0.457 e. The summed E-state index contributed by atoms with van der Waals surface area (Å²) in [7, 11) is -5.03. The van der Waals surface area contributed by atoms with Crippen molar-refractivity contribution < 1.29 is 58.3 Å². The van der Waals surface area contributed by atoms with E-state index in [1.54, 1.807) is 0 Å². The maximum absolute atomic E-state index is 12.9. The third-order valence-electron chi connectivity index (χ3n) is 13.1. The van der Waals surface area contributed by atoms with Crippen LogP contribution >= 0.6 is 7.82 Å². The Morgan fingerprint density at radius 2 is 0.819 bits per heavy atom. The van der Waals surface area contributed by atoms with E-state index in [1.807, 2.05) is 0 Å². The Morgan fingerprint density at radius 1 is 0.458 bits per heavy atom. The highest BCUT2D eigenvalue weighted by Crippen LogP contribution is 2.47. The number of hydrogen-bond donors (Lipinski definition) is 6. The predicted molar refractivity (Wildman–Crippen MR) is 295 cm³/mol. The van der Waals surface area contributed by atoms with E-state index in [0.717, 1.165) is 83.5 Å². The van der Waals surface area contributed by atoms with Gasteiger partial charge in [-0.05, 0) is 83.5 Å². The van der Waals surface area contributed by atoms with Crippen LogP contribution in [0.5, 0.6) is 0 Å². The summed E-state index contributed by atoms with van der Waals surface area (Å²) in [6, 6.07) is 0. The fraction of sp³-hybridized carbons (Fsp3) is 0.780. The summed E-state index contributed by atoms with van der Waals surface area (Å²) in [5.41, 5.74) is 0. The molecule has 0 aromatic carbocycles. The first-order chi connectivity index (χ1) is 35.0. The first-order valence-electron chi connectivity index (χ1n) is 28.8. The summed E-state index contributed by atoms with van der Waals surface area (Å²) >= 11 is 0. The third-order valence-corrected chi connectivity index (χ3v) is 14.0. The fourth-order valence-corrected chi connectivity index (χ4v) is 9.53. The van der Waals surface area contributed by atoms with E-state index in [-0.39, 0.29) is 13.0 Å². The van der Waals surface area contributed by atoms with Gasteiger partial charge >= 0.3 is 13.8 Å². The molecule has 0 aromatic heterocycles. The highest BCUT2D eigenvalue weighted by molar-refractivity contribution is 7.47. The zero-order valence-electron chi connectivity index (χ0n) is 45.2. The van der Waals surface area contributed by atoms with Crippen LogP contribution in [0, 0.1) is 0 Å². The summed E-state index contributed by atoms with van der Waals surface area (Å²) < 4.78 is 34.4. The number of esters is 1. The zero-order chi connectivity index (χ0) is 52.6. The molecule has 12 nitrogen and oxygen atoms in total. The first kappa shape index (κ1) is 67.8. The number of phosphoric acid groups is 1. The second-order valence-corrected chi connectivity index (χ2v) is 21.2. The molecule has 0 aromatic rings. The van der Waals surface area contributed by atoms with Crippen molar-refractivity contribution in [2.45, 2.75) is 275 Å². The van der Waals surface area contributed by atoms with Crippen LogP contribution in [0.3, 0.4) is 0 Å². The largest absolute Gasteiger partial charge is 0.472 e. The maximum Gasteiger partial charge on any atom is 0.472 e. The van der Waals surface area contributed by atoms with Gasteiger partial charge in [0.25, 0.3) is 0 Å². The van der Waals surface area contributed by atoms with E-state index < -0.39 is 63.1 Å². The van der Waals surface area contributed by atoms with Crippen LogP contribution in [0.25, 0.3) is 0 Å². The highest BCUT2D eigenvalue weighted by Gasteiger charge is 2.51. The number of carbonyl (C=O) groups is 1. The quantitative estimate of drug-likeness (QED) is 0.0146. The molecule has 6 unspecified atom stereocenters. The average Bonchev–Trinajstić information content (AvgIpc) is 3.37. The second kappa shape index (κ2) is 48.4. The molecule has 72 heavy (non-hydrogen) atoms. The van der Waals surface area contributed by atoms with Crippen LogP contribution in [0.15, 0.2) is 72.9 Å². The van der Waals surface area contributed by atoms with Crippen molar-refractivity contribution in [2.75, 3.05) is 19.8 Å². The van der Waals surface area contributed by atoms with Crippen molar-refractivity contribution in [2.24, 2.45) is 0 Å². The lowest BCUT2D eigenvalue weighted by Gasteiger charge is -2.41. The molecule has 0 aliphatic heterocycles. The molecule has 1 saturated carbocycles. The van der Waals surface area contributed by atoms with Crippen LogP contribution in [0.4, 0.5) is 0 Å². The molecule has 1 aliphatic rings. The fourth-order valence-electron chi connectivity index (χ4n) is 8.56. The van der Waals surface area contributed by atoms with Gasteiger partial charge in [-0.2, -0.15) is 0 Å². The van der Waals surface area contributed by atoms with Gasteiger partial charge in [0.2, 0.25) is 0 Å². The Kier molecular flexibility index (Phi) is 45.6. The molecule has 6 atom stereocenters. The van der Waals surface area contributed by atoms with Crippen molar-refractivity contribution in [1.29, 1.82) is 0 Å². The van der Waals surface area contributed by atoms with Crippen LogP contribution in [0.2, 0.25) is 0 Å². The number of carbonyl (C=O) groups excluding carboxylic acids is 1. The number of aliphatic hydroxyl groups is 5. The Bertz CT molecular complexity index is 1460. The van der Waals surface area contributed by atoms with E-state index >= 15 is 0 Å². The minimum atomic E-state index is -5.03. The molecule has 0 heterocycles. The van der Waals surface area contributed by atoms with Crippen LogP contribution < -0.4 is 0 Å². The Hall–Kier alpha value is -2.22. The number of unbranched alkanes of at least 4 members (excludes halogenated alkanes) is 25. The van der Waals surface area contributed by atoms with Gasteiger partial charge < -0.3 is 39.9 Å². The van der Waals surface area contributed by atoms with E-state index in [0.29, 0.717) is 13.0 Å². The molecule has 13 heteroatoms. The van der Waals surface area contributed by atoms with E-state index in [4.69, 9.17) is 18.5 Å². The Morgan fingerprint density at radius 3 is 1.25 bits per heavy atom. The second-order valence-electron chi connectivity index (χ2n) is 19.8. The standard InChI is InChI=1S/C59H105O12P/c1-3-5-7-9-11-13-15-17-19-21-23-25-26-27-29-31-33-35-37-39-41-43-45-47-49-68-50-52(51-69-72(66,67)71-59-57(64)55(62)54(61)56(63)58(59)65)70-53(60)48-46-44-42-40-38-36-34-32-30-28-24-22-20-18-16-14-12-10-8-6-4-2/h5,7,11,13,16-19,22-25,52,54-59,61-65H,3-4,6,8-10,12,14-15,20-21,26-51H2,1-2H3,(H,66,67)/b7-5-,13-11-,18-16-,19-17-,24-22-,25-23-. The summed E-state index contributed by atoms with van der Waals surface area (Å²) in [5.74, 6) is -0.482. The topological polar surface area (TPSA) is 192 Å². The monoisotopic (exact) mass is 1040 g/mol. The molecular weight excluding hydrogens is 932 g/mol. The number of allylic oxidation sites excluding steroid dienone is 12. The molecule has 0 radical (unpaired) electrons. The molecular formula is C59H105O12P. The maximum atomic E-state index is 12.9. The molecule has 1 rings (SSSR count). The number of aliphatic hydroxyl groups excluding tert-OH is 5. The van der Waals surface area contributed by atoms with E-state index in [9.17, 15) is 39.8 Å². The summed E-state index contributed by atoms with van der Waals surface area (Å²) in [4.78, 5) is 23.3. The van der Waals surface area contributed by atoms with E-state index in [2.05, 4.69) is 86.8 Å². The van der Waals surface area contributed by atoms with Crippen LogP contribution in [-0.4, -0.2) is 98.9 Å². The lowest BCUT2D eigenvalue weighted by molar-refractivity contribution is -0.220. The van der Waals surface area contributed by atoms with Gasteiger partial charge in [-0.1, -0.05) is 215 Å². The summed E-state index contributed by atoms with van der Waals surface area (Å²) in [6.45, 7) is 4.15. The van der Waals surface area contributed by atoms with Crippen molar-refractivity contribution >= 4 is 13.8 Å². The Balaban J connectivity index is 2.29. The molecule has 0 spiro atoms. The SMILES string of the molecule is CC/C=C\C/C=C\C/C=C\C/C=C\CCCCCCCCCCCCCOCC(COP(=O)(O)OC1C(O)C(O)C(O)C(O)C1O)OC(=O)CCCCCCCCCCC/C=C\C/C=C\CCCCCCC. The van der Waals surface area contributed by atoms with Gasteiger partial charge in [-0.3, -0.25) is 13.8 Å². The average molecular weight is 1040 g/mol. The summed E-state index contributed by atoms with van der Waals surface area (Å²) in [5, 5.41) is 50.4. The number of rotatable bonds is 49. The minimum Gasteiger partial charge on any atom is -0.457 e. The minimum absolute atomic E-state index is 0.0829.